The Balaban J connectivity index is 0.00000210. The Morgan fingerprint density at radius 2 is 1.79 bits per heavy atom. The highest BCUT2D eigenvalue weighted by Gasteiger charge is 2.37. The van der Waals surface area contributed by atoms with E-state index in [-0.39, 0.29) is 42.5 Å². The minimum Gasteiger partial charge on any atom is -0.326 e. The topological polar surface area (TPSA) is 97.1 Å². The van der Waals surface area contributed by atoms with E-state index in [1.165, 1.54) is 0 Å². The zero-order chi connectivity index (χ0) is 19.4. The lowest BCUT2D eigenvalue weighted by Gasteiger charge is -2.37. The molecule has 2 amide bonds. The first kappa shape index (κ1) is 24.9. The second-order valence-corrected chi connectivity index (χ2v) is 7.51. The predicted octanol–water partition coefficient (Wildman–Crippen LogP) is 4.33. The van der Waals surface area contributed by atoms with Gasteiger partial charge in [0.05, 0.1) is 5.92 Å². The van der Waals surface area contributed by atoms with Crippen LogP contribution in [0.25, 0.3) is 0 Å². The molecule has 2 atom stereocenters. The first-order valence-corrected chi connectivity index (χ1v) is 9.28. The van der Waals surface area contributed by atoms with Gasteiger partial charge in [-0.15, -0.1) is 24.8 Å². The highest BCUT2D eigenvalue weighted by atomic mass is 35.5. The van der Waals surface area contributed by atoms with E-state index in [0.717, 1.165) is 31.2 Å². The third-order valence-corrected chi connectivity index (χ3v) is 5.27. The van der Waals surface area contributed by atoms with Crippen LogP contribution < -0.4 is 16.4 Å². The second kappa shape index (κ2) is 10.6. The summed E-state index contributed by atoms with van der Waals surface area (Å²) in [6, 6.07) is 8.80. The van der Waals surface area contributed by atoms with E-state index in [0.29, 0.717) is 16.9 Å². The lowest BCUT2D eigenvalue weighted by Crippen LogP contribution is -2.51. The minimum atomic E-state index is -0.481. The number of carbonyl (C=O) groups excluding carboxylic acids is 2. The van der Waals surface area contributed by atoms with Crippen molar-refractivity contribution in [3.8, 4) is 0 Å². The Morgan fingerprint density at radius 3 is 2.45 bits per heavy atom. The van der Waals surface area contributed by atoms with E-state index in [1.807, 2.05) is 26.0 Å². The highest BCUT2D eigenvalue weighted by molar-refractivity contribution is 6.05. The van der Waals surface area contributed by atoms with Gasteiger partial charge < -0.3 is 16.4 Å². The van der Waals surface area contributed by atoms with Crippen LogP contribution in [0.5, 0.6) is 0 Å². The van der Waals surface area contributed by atoms with Crippen LogP contribution in [-0.4, -0.2) is 22.3 Å². The molecule has 1 fully saturated rings. The Labute approximate surface area is 183 Å². The molecule has 1 aromatic carbocycles. The molecule has 6 nitrogen and oxygen atoms in total. The third kappa shape index (κ3) is 6.16. The SMILES string of the molecule is Cc1ccc(NC(=O)C2CCCCC2(C)N)cc1NC(=O)c1ccncc1.Cl.Cl. The molecule has 2 aromatic rings. The summed E-state index contributed by atoms with van der Waals surface area (Å²) in [5.74, 6) is -0.483. The van der Waals surface area contributed by atoms with Crippen molar-refractivity contribution in [2.45, 2.75) is 45.1 Å². The van der Waals surface area contributed by atoms with Crippen molar-refractivity contribution in [3.05, 3.63) is 53.9 Å². The van der Waals surface area contributed by atoms with E-state index in [9.17, 15) is 9.59 Å². The second-order valence-electron chi connectivity index (χ2n) is 7.51. The van der Waals surface area contributed by atoms with Gasteiger partial charge in [-0.1, -0.05) is 18.9 Å². The van der Waals surface area contributed by atoms with E-state index in [4.69, 9.17) is 5.73 Å². The summed E-state index contributed by atoms with van der Waals surface area (Å²) < 4.78 is 0. The van der Waals surface area contributed by atoms with E-state index >= 15 is 0 Å². The number of aromatic nitrogens is 1. The Kier molecular flexibility index (Phi) is 9.08. The first-order chi connectivity index (χ1) is 12.9. The van der Waals surface area contributed by atoms with Crippen molar-refractivity contribution in [2.75, 3.05) is 10.6 Å². The molecule has 0 bridgehead atoms. The molecule has 0 saturated heterocycles. The molecule has 1 saturated carbocycles. The molecule has 0 radical (unpaired) electrons. The molecule has 1 heterocycles. The summed E-state index contributed by atoms with van der Waals surface area (Å²) in [5.41, 5.74) is 8.61. The maximum Gasteiger partial charge on any atom is 0.255 e. The number of pyridine rings is 1. The molecule has 0 aliphatic heterocycles. The van der Waals surface area contributed by atoms with Crippen LogP contribution in [0.2, 0.25) is 0 Å². The van der Waals surface area contributed by atoms with Gasteiger partial charge >= 0.3 is 0 Å². The highest BCUT2D eigenvalue weighted by Crippen LogP contribution is 2.32. The zero-order valence-electron chi connectivity index (χ0n) is 16.6. The Morgan fingerprint density at radius 1 is 1.10 bits per heavy atom. The van der Waals surface area contributed by atoms with Gasteiger partial charge in [0.2, 0.25) is 5.91 Å². The monoisotopic (exact) mass is 438 g/mol. The maximum atomic E-state index is 12.7. The lowest BCUT2D eigenvalue weighted by molar-refractivity contribution is -0.122. The van der Waals surface area contributed by atoms with Crippen LogP contribution in [0.4, 0.5) is 11.4 Å². The van der Waals surface area contributed by atoms with Gasteiger partial charge in [0.15, 0.2) is 0 Å². The third-order valence-electron chi connectivity index (χ3n) is 5.27. The average molecular weight is 439 g/mol. The van der Waals surface area contributed by atoms with Crippen LogP contribution in [0.3, 0.4) is 0 Å². The molecule has 1 aliphatic carbocycles. The molecule has 1 aliphatic rings. The summed E-state index contributed by atoms with van der Waals surface area (Å²) in [6.45, 7) is 3.86. The van der Waals surface area contributed by atoms with Gasteiger partial charge in [-0.2, -0.15) is 0 Å². The minimum absolute atomic E-state index is 0. The van der Waals surface area contributed by atoms with Gasteiger partial charge in [0.25, 0.3) is 5.91 Å². The van der Waals surface area contributed by atoms with Crippen molar-refractivity contribution in [1.82, 2.24) is 4.98 Å². The number of amides is 2. The van der Waals surface area contributed by atoms with E-state index < -0.39 is 5.54 Å². The first-order valence-electron chi connectivity index (χ1n) is 9.28. The fourth-order valence-corrected chi connectivity index (χ4v) is 3.55. The Hall–Kier alpha value is -2.15. The van der Waals surface area contributed by atoms with Crippen molar-refractivity contribution in [2.24, 2.45) is 11.7 Å². The largest absolute Gasteiger partial charge is 0.326 e. The average Bonchev–Trinajstić information content (AvgIpc) is 2.64. The molecule has 158 valence electrons. The number of aryl methyl sites for hydroxylation is 1. The molecule has 3 rings (SSSR count). The van der Waals surface area contributed by atoms with Gasteiger partial charge in [0, 0.05) is 34.9 Å². The fraction of sp³-hybridized carbons (Fsp3) is 0.381. The van der Waals surface area contributed by atoms with Gasteiger partial charge in [-0.05, 0) is 56.5 Å². The molecule has 29 heavy (non-hydrogen) atoms. The number of rotatable bonds is 4. The van der Waals surface area contributed by atoms with Crippen molar-refractivity contribution in [1.29, 1.82) is 0 Å². The number of benzene rings is 1. The number of carbonyl (C=O) groups is 2. The molecular formula is C21H28Cl2N4O2. The molecule has 0 spiro atoms. The molecular weight excluding hydrogens is 411 g/mol. The molecule has 2 unspecified atom stereocenters. The molecule has 4 N–H and O–H groups in total. The van der Waals surface area contributed by atoms with Crippen molar-refractivity contribution < 1.29 is 9.59 Å². The maximum absolute atomic E-state index is 12.7. The van der Waals surface area contributed by atoms with Crippen LogP contribution in [0, 0.1) is 12.8 Å². The number of anilines is 2. The normalized spacial score (nSPS) is 20.6. The summed E-state index contributed by atoms with van der Waals surface area (Å²) in [6.07, 6.45) is 6.89. The number of nitrogens with zero attached hydrogens (tertiary/aromatic N) is 1. The van der Waals surface area contributed by atoms with Crippen molar-refractivity contribution >= 4 is 48.0 Å². The van der Waals surface area contributed by atoms with E-state index in [1.54, 1.807) is 30.6 Å². The number of nitrogens with two attached hydrogens (primary N) is 1. The van der Waals surface area contributed by atoms with E-state index in [2.05, 4.69) is 15.6 Å². The van der Waals surface area contributed by atoms with Crippen LogP contribution in [0.15, 0.2) is 42.7 Å². The summed E-state index contributed by atoms with van der Waals surface area (Å²) in [7, 11) is 0. The Bertz CT molecular complexity index is 844. The van der Waals surface area contributed by atoms with Gasteiger partial charge in [-0.25, -0.2) is 0 Å². The molecule has 8 heteroatoms. The fourth-order valence-electron chi connectivity index (χ4n) is 3.55. The number of halogens is 2. The predicted molar refractivity (Wildman–Crippen MR) is 121 cm³/mol. The lowest BCUT2D eigenvalue weighted by atomic mass is 9.74. The number of hydrogen-bond acceptors (Lipinski definition) is 4. The standard InChI is InChI=1S/C21H26N4O2.2ClH/c1-14-6-7-16(24-20(27)17-5-3-4-10-21(17,2)22)13-18(14)25-19(26)15-8-11-23-12-9-15;;/h6-9,11-13,17H,3-5,10,22H2,1-2H3,(H,24,27)(H,25,26);2*1H. The number of nitrogens with one attached hydrogen (secondary N) is 2. The van der Waals surface area contributed by atoms with Gasteiger partial charge in [-0.3, -0.25) is 14.6 Å². The van der Waals surface area contributed by atoms with Gasteiger partial charge in [0.1, 0.15) is 0 Å². The molecule has 1 aromatic heterocycles. The smallest absolute Gasteiger partial charge is 0.255 e. The number of hydrogen-bond donors (Lipinski definition) is 3. The summed E-state index contributed by atoms with van der Waals surface area (Å²) >= 11 is 0. The zero-order valence-corrected chi connectivity index (χ0v) is 18.2. The van der Waals surface area contributed by atoms with Crippen LogP contribution in [0.1, 0.15) is 48.5 Å². The van der Waals surface area contributed by atoms with Crippen LogP contribution in [-0.2, 0) is 4.79 Å². The quantitative estimate of drug-likeness (QED) is 0.661. The summed E-state index contributed by atoms with van der Waals surface area (Å²) in [4.78, 5) is 29.0. The summed E-state index contributed by atoms with van der Waals surface area (Å²) in [5, 5.41) is 5.86. The van der Waals surface area contributed by atoms with Crippen molar-refractivity contribution in [3.63, 3.8) is 0 Å². The van der Waals surface area contributed by atoms with Crippen LogP contribution >= 0.6 is 24.8 Å².